The molecule has 0 aromatic heterocycles. The van der Waals surface area contributed by atoms with Crippen molar-refractivity contribution in [2.75, 3.05) is 6.61 Å². The lowest BCUT2D eigenvalue weighted by Crippen LogP contribution is -2.20. The largest absolute Gasteiger partial charge is 0.465 e. The van der Waals surface area contributed by atoms with Crippen LogP contribution in [0.25, 0.3) is 0 Å². The van der Waals surface area contributed by atoms with Crippen molar-refractivity contribution in [3.8, 4) is 5.75 Å². The summed E-state index contributed by atoms with van der Waals surface area (Å²) >= 11 is 0. The normalized spacial score (nSPS) is 12.1. The summed E-state index contributed by atoms with van der Waals surface area (Å²) in [5, 5.41) is 0. The van der Waals surface area contributed by atoms with Gasteiger partial charge in [0.15, 0.2) is 6.29 Å². The van der Waals surface area contributed by atoms with Gasteiger partial charge in [0, 0.05) is 6.42 Å². The fourth-order valence-electron chi connectivity index (χ4n) is 1.68. The fourth-order valence-corrected chi connectivity index (χ4v) is 1.68. The zero-order valence-electron chi connectivity index (χ0n) is 11.5. The Bertz CT molecular complexity index is 347. The summed E-state index contributed by atoms with van der Waals surface area (Å²) in [5.74, 6) is 0.903. The Morgan fingerprint density at radius 3 is 2.72 bits per heavy atom. The third-order valence-corrected chi connectivity index (χ3v) is 2.73. The Hall–Kier alpha value is -1.28. The summed E-state index contributed by atoms with van der Waals surface area (Å²) in [7, 11) is 0. The molecule has 0 saturated heterocycles. The van der Waals surface area contributed by atoms with Gasteiger partial charge in [-0.3, -0.25) is 0 Å². The predicted molar refractivity (Wildman–Crippen MR) is 75.9 cm³/mol. The topological polar surface area (TPSA) is 18.5 Å². The van der Waals surface area contributed by atoms with Crippen molar-refractivity contribution in [2.24, 2.45) is 0 Å². The minimum Gasteiger partial charge on any atom is -0.465 e. The molecule has 0 amide bonds. The van der Waals surface area contributed by atoms with Crippen LogP contribution >= 0.6 is 0 Å². The molecule has 0 radical (unpaired) electrons. The number of benzene rings is 1. The van der Waals surface area contributed by atoms with E-state index in [2.05, 4.69) is 26.5 Å². The summed E-state index contributed by atoms with van der Waals surface area (Å²) in [4.78, 5) is 0. The van der Waals surface area contributed by atoms with E-state index in [4.69, 9.17) is 9.47 Å². The van der Waals surface area contributed by atoms with Crippen molar-refractivity contribution in [2.45, 2.75) is 45.8 Å². The Balaban J connectivity index is 2.59. The second kappa shape index (κ2) is 8.76. The van der Waals surface area contributed by atoms with Gasteiger partial charge >= 0.3 is 0 Å². The van der Waals surface area contributed by atoms with Crippen LogP contribution < -0.4 is 4.74 Å². The number of unbranched alkanes of at least 4 members (excludes halogenated alkanes) is 1. The van der Waals surface area contributed by atoms with Crippen LogP contribution in [0, 0.1) is 0 Å². The molecule has 2 heteroatoms. The molecule has 1 aromatic carbocycles. The van der Waals surface area contributed by atoms with Crippen LogP contribution in [0.5, 0.6) is 5.75 Å². The average molecular weight is 248 g/mol. The molecule has 100 valence electrons. The van der Waals surface area contributed by atoms with Crippen molar-refractivity contribution in [3.05, 3.63) is 42.5 Å². The molecule has 0 aliphatic carbocycles. The standard InChI is InChI=1S/C16H24O2/c1-4-7-13-17-16(6-3)18-15-12-9-8-11-14(15)10-5-2/h5,8-9,11-12,16H,2,4,6-7,10,13H2,1,3H3. The van der Waals surface area contributed by atoms with Gasteiger partial charge in [0.2, 0.25) is 0 Å². The number of rotatable bonds is 9. The van der Waals surface area contributed by atoms with Gasteiger partial charge in [-0.25, -0.2) is 0 Å². The van der Waals surface area contributed by atoms with Crippen LogP contribution in [0.3, 0.4) is 0 Å². The first kappa shape index (κ1) is 14.8. The van der Waals surface area contributed by atoms with Gasteiger partial charge in [-0.1, -0.05) is 44.5 Å². The Morgan fingerprint density at radius 2 is 2.06 bits per heavy atom. The SMILES string of the molecule is C=CCc1ccccc1OC(CC)OCCCC. The first-order valence-corrected chi connectivity index (χ1v) is 6.78. The van der Waals surface area contributed by atoms with Gasteiger partial charge < -0.3 is 9.47 Å². The first-order chi connectivity index (χ1) is 8.81. The lowest BCUT2D eigenvalue weighted by Gasteiger charge is -2.19. The second-order valence-electron chi connectivity index (χ2n) is 4.28. The summed E-state index contributed by atoms with van der Waals surface area (Å²) in [6, 6.07) is 8.06. The number of hydrogen-bond donors (Lipinski definition) is 0. The fraction of sp³-hybridized carbons (Fsp3) is 0.500. The molecule has 1 unspecified atom stereocenters. The molecular weight excluding hydrogens is 224 g/mol. The first-order valence-electron chi connectivity index (χ1n) is 6.78. The minimum absolute atomic E-state index is 0.150. The van der Waals surface area contributed by atoms with E-state index in [0.29, 0.717) is 0 Å². The molecule has 0 aliphatic heterocycles. The number of ether oxygens (including phenoxy) is 2. The number of allylic oxidation sites excluding steroid dienone is 1. The summed E-state index contributed by atoms with van der Waals surface area (Å²) < 4.78 is 11.6. The maximum absolute atomic E-state index is 5.92. The monoisotopic (exact) mass is 248 g/mol. The molecular formula is C16H24O2. The molecule has 0 aliphatic rings. The van der Waals surface area contributed by atoms with E-state index in [0.717, 1.165) is 43.6 Å². The zero-order valence-corrected chi connectivity index (χ0v) is 11.5. The van der Waals surface area contributed by atoms with Gasteiger partial charge in [-0.2, -0.15) is 0 Å². The Kier molecular flexibility index (Phi) is 7.19. The summed E-state index contributed by atoms with van der Waals surface area (Å²) in [6.45, 7) is 8.77. The van der Waals surface area contributed by atoms with Gasteiger partial charge in [-0.05, 0) is 24.5 Å². The van der Waals surface area contributed by atoms with E-state index in [1.165, 1.54) is 0 Å². The maximum Gasteiger partial charge on any atom is 0.199 e. The van der Waals surface area contributed by atoms with Crippen molar-refractivity contribution < 1.29 is 9.47 Å². The lowest BCUT2D eigenvalue weighted by molar-refractivity contribution is -0.0826. The van der Waals surface area contributed by atoms with E-state index < -0.39 is 0 Å². The molecule has 1 rings (SSSR count). The molecule has 18 heavy (non-hydrogen) atoms. The number of hydrogen-bond acceptors (Lipinski definition) is 2. The molecule has 0 N–H and O–H groups in total. The zero-order chi connectivity index (χ0) is 13.2. The van der Waals surface area contributed by atoms with Crippen LogP contribution in [-0.4, -0.2) is 12.9 Å². The van der Waals surface area contributed by atoms with Gasteiger partial charge in [0.25, 0.3) is 0 Å². The van der Waals surface area contributed by atoms with Gasteiger partial charge in [0.05, 0.1) is 6.61 Å². The third kappa shape index (κ3) is 4.92. The van der Waals surface area contributed by atoms with Crippen molar-refractivity contribution in [1.82, 2.24) is 0 Å². The van der Waals surface area contributed by atoms with Crippen LogP contribution in [-0.2, 0) is 11.2 Å². The highest BCUT2D eigenvalue weighted by molar-refractivity contribution is 5.34. The van der Waals surface area contributed by atoms with E-state index in [9.17, 15) is 0 Å². The Morgan fingerprint density at radius 1 is 1.28 bits per heavy atom. The summed E-state index contributed by atoms with van der Waals surface area (Å²) in [5.41, 5.74) is 1.16. The molecule has 0 saturated carbocycles. The minimum atomic E-state index is -0.150. The van der Waals surface area contributed by atoms with E-state index >= 15 is 0 Å². The molecule has 1 atom stereocenters. The highest BCUT2D eigenvalue weighted by Crippen LogP contribution is 2.21. The van der Waals surface area contributed by atoms with Gasteiger partial charge in [0.1, 0.15) is 5.75 Å². The smallest absolute Gasteiger partial charge is 0.199 e. The summed E-state index contributed by atoms with van der Waals surface area (Å²) in [6.07, 6.45) is 5.63. The molecule has 0 bridgehead atoms. The molecule has 0 fully saturated rings. The van der Waals surface area contributed by atoms with E-state index in [1.54, 1.807) is 0 Å². The van der Waals surface area contributed by atoms with Crippen LogP contribution in [0.2, 0.25) is 0 Å². The number of para-hydroxylation sites is 1. The third-order valence-electron chi connectivity index (χ3n) is 2.73. The molecule has 0 spiro atoms. The molecule has 1 aromatic rings. The molecule has 2 nitrogen and oxygen atoms in total. The quantitative estimate of drug-likeness (QED) is 0.367. The van der Waals surface area contributed by atoms with E-state index in [1.807, 2.05) is 24.3 Å². The van der Waals surface area contributed by atoms with Gasteiger partial charge in [-0.15, -0.1) is 6.58 Å². The van der Waals surface area contributed by atoms with Crippen LogP contribution in [0.1, 0.15) is 38.7 Å². The maximum atomic E-state index is 5.92. The van der Waals surface area contributed by atoms with E-state index in [-0.39, 0.29) is 6.29 Å². The van der Waals surface area contributed by atoms with Crippen molar-refractivity contribution in [1.29, 1.82) is 0 Å². The van der Waals surface area contributed by atoms with Crippen molar-refractivity contribution in [3.63, 3.8) is 0 Å². The highest BCUT2D eigenvalue weighted by atomic mass is 16.7. The van der Waals surface area contributed by atoms with Crippen molar-refractivity contribution >= 4 is 0 Å². The second-order valence-corrected chi connectivity index (χ2v) is 4.28. The van der Waals surface area contributed by atoms with Crippen LogP contribution in [0.15, 0.2) is 36.9 Å². The highest BCUT2D eigenvalue weighted by Gasteiger charge is 2.10. The van der Waals surface area contributed by atoms with Crippen LogP contribution in [0.4, 0.5) is 0 Å². The molecule has 0 heterocycles. The lowest BCUT2D eigenvalue weighted by atomic mass is 10.1. The Labute approximate surface area is 111 Å². The predicted octanol–water partition coefficient (Wildman–Crippen LogP) is 4.35. The average Bonchev–Trinajstić information content (AvgIpc) is 2.40.